The number of benzene rings is 1. The van der Waals surface area contributed by atoms with Crippen LogP contribution in [-0.4, -0.2) is 29.0 Å². The molecule has 1 aromatic heterocycles. The lowest BCUT2D eigenvalue weighted by atomic mass is 10.2. The molecule has 5 N–H and O–H groups in total. The number of fused-ring (bicyclic) bond motifs is 1. The molecule has 0 unspecified atom stereocenters. The van der Waals surface area contributed by atoms with E-state index in [9.17, 15) is 9.90 Å². The summed E-state index contributed by atoms with van der Waals surface area (Å²) in [7, 11) is 1.48. The van der Waals surface area contributed by atoms with Gasteiger partial charge >= 0.3 is 0 Å². The Morgan fingerprint density at radius 1 is 1.47 bits per heavy atom. The van der Waals surface area contributed by atoms with Crippen molar-refractivity contribution in [1.29, 1.82) is 0 Å². The number of nitrogens with zero attached hydrogens (tertiary/aromatic N) is 1. The molecule has 0 spiro atoms. The number of carbonyl (C=O) groups is 1. The van der Waals surface area contributed by atoms with E-state index in [0.717, 1.165) is 10.9 Å². The van der Waals surface area contributed by atoms with E-state index < -0.39 is 0 Å². The van der Waals surface area contributed by atoms with Crippen molar-refractivity contribution in [2.45, 2.75) is 0 Å². The first kappa shape index (κ1) is 11.0. The maximum Gasteiger partial charge on any atom is 0.274 e. The first-order chi connectivity index (χ1) is 8.10. The predicted octanol–water partition coefficient (Wildman–Crippen LogP) is 0.548. The van der Waals surface area contributed by atoms with Crippen LogP contribution in [0.3, 0.4) is 0 Å². The number of hydrogen-bond acceptors (Lipinski definition) is 3. The smallest absolute Gasteiger partial charge is 0.274 e. The van der Waals surface area contributed by atoms with Crippen LogP contribution in [-0.2, 0) is 0 Å². The number of hydrogen-bond donors (Lipinski definition) is 4. The third kappa shape index (κ3) is 2.20. The normalized spacial score (nSPS) is 11.7. The van der Waals surface area contributed by atoms with Crippen LogP contribution in [0.15, 0.2) is 29.3 Å². The molecule has 0 aliphatic carbocycles. The molecule has 0 bridgehead atoms. The molecule has 0 saturated carbocycles. The minimum atomic E-state index is -0.371. The van der Waals surface area contributed by atoms with Gasteiger partial charge < -0.3 is 15.8 Å². The van der Waals surface area contributed by atoms with E-state index in [2.05, 4.69) is 15.3 Å². The van der Waals surface area contributed by atoms with Crippen LogP contribution in [0.1, 0.15) is 10.5 Å². The molecule has 0 fully saturated rings. The zero-order chi connectivity index (χ0) is 12.4. The predicted molar refractivity (Wildman–Crippen MR) is 65.0 cm³/mol. The average molecular weight is 232 g/mol. The highest BCUT2D eigenvalue weighted by molar-refractivity contribution is 6.06. The average Bonchev–Trinajstić information content (AvgIpc) is 2.71. The van der Waals surface area contributed by atoms with Crippen LogP contribution in [0.5, 0.6) is 5.75 Å². The Morgan fingerprint density at radius 2 is 2.24 bits per heavy atom. The number of nitrogens with one attached hydrogen (secondary N) is 2. The van der Waals surface area contributed by atoms with Gasteiger partial charge in [-0.1, -0.05) is 0 Å². The van der Waals surface area contributed by atoms with Crippen molar-refractivity contribution in [3.63, 3.8) is 0 Å². The summed E-state index contributed by atoms with van der Waals surface area (Å²) in [4.78, 5) is 18.3. The highest BCUT2D eigenvalue weighted by Gasteiger charge is 2.10. The Kier molecular flexibility index (Phi) is 2.70. The van der Waals surface area contributed by atoms with Crippen LogP contribution in [0.4, 0.5) is 0 Å². The fourth-order valence-electron chi connectivity index (χ4n) is 1.48. The molecule has 17 heavy (non-hydrogen) atoms. The first-order valence-electron chi connectivity index (χ1n) is 4.95. The maximum absolute atomic E-state index is 11.7. The molecule has 0 aliphatic rings. The van der Waals surface area contributed by atoms with Gasteiger partial charge in [-0.25, -0.2) is 0 Å². The lowest BCUT2D eigenvalue weighted by Crippen LogP contribution is -2.36. The van der Waals surface area contributed by atoms with E-state index in [1.807, 2.05) is 0 Å². The second-order valence-corrected chi connectivity index (χ2v) is 3.52. The molecule has 0 aliphatic heterocycles. The second kappa shape index (κ2) is 4.17. The largest absolute Gasteiger partial charge is 0.508 e. The number of phenols is 1. The van der Waals surface area contributed by atoms with Crippen LogP contribution >= 0.6 is 0 Å². The van der Waals surface area contributed by atoms with E-state index >= 15 is 0 Å². The van der Waals surface area contributed by atoms with Gasteiger partial charge in [-0.2, -0.15) is 0 Å². The number of rotatable bonds is 1. The molecule has 0 atom stereocenters. The standard InChI is InChI=1S/C11H12N4O2/c1-13-11(12)15-10(17)9-5-6-4-7(16)2-3-8(6)14-9/h2-5,14,16H,1H3,(H3,12,13,15,17). The second-order valence-electron chi connectivity index (χ2n) is 3.52. The van der Waals surface area contributed by atoms with Crippen molar-refractivity contribution in [3.8, 4) is 5.75 Å². The van der Waals surface area contributed by atoms with Crippen molar-refractivity contribution in [1.82, 2.24) is 10.3 Å². The monoisotopic (exact) mass is 232 g/mol. The molecular weight excluding hydrogens is 220 g/mol. The number of carbonyl (C=O) groups excluding carboxylic acids is 1. The number of amides is 1. The van der Waals surface area contributed by atoms with Crippen LogP contribution in [0.25, 0.3) is 10.9 Å². The summed E-state index contributed by atoms with van der Waals surface area (Å²) in [5.74, 6) is -0.168. The Labute approximate surface area is 97.2 Å². The number of H-pyrrole nitrogens is 1. The Bertz CT molecular complexity index is 601. The van der Waals surface area contributed by atoms with Gasteiger partial charge in [0.15, 0.2) is 5.96 Å². The van der Waals surface area contributed by atoms with Crippen LogP contribution < -0.4 is 11.1 Å². The number of aliphatic imine (C=N–C) groups is 1. The number of guanidine groups is 1. The van der Waals surface area contributed by atoms with Crippen molar-refractivity contribution < 1.29 is 9.90 Å². The Balaban J connectivity index is 2.33. The molecule has 1 aromatic carbocycles. The molecule has 2 rings (SSSR count). The number of aromatic nitrogens is 1. The van der Waals surface area contributed by atoms with Gasteiger partial charge in [-0.3, -0.25) is 15.1 Å². The van der Waals surface area contributed by atoms with E-state index in [4.69, 9.17) is 5.73 Å². The molecule has 0 radical (unpaired) electrons. The summed E-state index contributed by atoms with van der Waals surface area (Å²) in [5.41, 5.74) is 6.52. The summed E-state index contributed by atoms with van der Waals surface area (Å²) in [6.45, 7) is 0. The quantitative estimate of drug-likeness (QED) is 0.426. The fraction of sp³-hybridized carbons (Fsp3) is 0.0909. The third-order valence-electron chi connectivity index (χ3n) is 2.33. The highest BCUT2D eigenvalue weighted by atomic mass is 16.3. The number of phenolic OH excluding ortho intramolecular Hbond substituents is 1. The van der Waals surface area contributed by atoms with Crippen molar-refractivity contribution >= 4 is 22.8 Å². The topological polar surface area (TPSA) is 104 Å². The zero-order valence-corrected chi connectivity index (χ0v) is 9.19. The summed E-state index contributed by atoms with van der Waals surface area (Å²) < 4.78 is 0. The minimum absolute atomic E-state index is 0.0523. The minimum Gasteiger partial charge on any atom is -0.508 e. The molecule has 1 amide bonds. The lowest BCUT2D eigenvalue weighted by Gasteiger charge is -2.00. The molecule has 0 saturated heterocycles. The molecular formula is C11H12N4O2. The van der Waals surface area contributed by atoms with Gasteiger partial charge in [0.05, 0.1) is 0 Å². The Hall–Kier alpha value is -2.50. The fourth-order valence-corrected chi connectivity index (χ4v) is 1.48. The summed E-state index contributed by atoms with van der Waals surface area (Å²) in [5, 5.41) is 12.5. The SMILES string of the molecule is CN=C(N)NC(=O)c1cc2cc(O)ccc2[nH]1. The summed E-state index contributed by atoms with van der Waals surface area (Å²) in [6.07, 6.45) is 0. The first-order valence-corrected chi connectivity index (χ1v) is 4.95. The molecule has 1 heterocycles. The van der Waals surface area contributed by atoms with E-state index in [0.29, 0.717) is 5.69 Å². The van der Waals surface area contributed by atoms with E-state index in [1.165, 1.54) is 7.05 Å². The van der Waals surface area contributed by atoms with Gasteiger partial charge in [-0.15, -0.1) is 0 Å². The van der Waals surface area contributed by atoms with Gasteiger partial charge in [0, 0.05) is 18.0 Å². The van der Waals surface area contributed by atoms with Gasteiger partial charge in [0.1, 0.15) is 11.4 Å². The van der Waals surface area contributed by atoms with Gasteiger partial charge in [0.2, 0.25) is 0 Å². The maximum atomic E-state index is 11.7. The number of aromatic hydroxyl groups is 1. The zero-order valence-electron chi connectivity index (χ0n) is 9.19. The number of aromatic amines is 1. The van der Waals surface area contributed by atoms with Crippen molar-refractivity contribution in [2.75, 3.05) is 7.05 Å². The molecule has 88 valence electrons. The van der Waals surface area contributed by atoms with Crippen molar-refractivity contribution in [2.24, 2.45) is 10.7 Å². The van der Waals surface area contributed by atoms with E-state index in [-0.39, 0.29) is 17.6 Å². The summed E-state index contributed by atoms with van der Waals surface area (Å²) in [6, 6.07) is 6.44. The molecule has 6 nitrogen and oxygen atoms in total. The van der Waals surface area contributed by atoms with Crippen LogP contribution in [0, 0.1) is 0 Å². The van der Waals surface area contributed by atoms with Crippen LogP contribution in [0.2, 0.25) is 0 Å². The number of nitrogens with two attached hydrogens (primary N) is 1. The van der Waals surface area contributed by atoms with Gasteiger partial charge in [0.25, 0.3) is 5.91 Å². The Morgan fingerprint density at radius 3 is 2.94 bits per heavy atom. The van der Waals surface area contributed by atoms with Gasteiger partial charge in [-0.05, 0) is 24.3 Å². The van der Waals surface area contributed by atoms with Crippen molar-refractivity contribution in [3.05, 3.63) is 30.0 Å². The molecule has 6 heteroatoms. The highest BCUT2D eigenvalue weighted by Crippen LogP contribution is 2.20. The van der Waals surface area contributed by atoms with E-state index in [1.54, 1.807) is 24.3 Å². The lowest BCUT2D eigenvalue weighted by molar-refractivity contribution is 0.0972. The molecule has 2 aromatic rings. The third-order valence-corrected chi connectivity index (χ3v) is 2.33. The summed E-state index contributed by atoms with van der Waals surface area (Å²) >= 11 is 0.